The first kappa shape index (κ1) is 20.6. The van der Waals surface area contributed by atoms with Gasteiger partial charge in [0.1, 0.15) is 10.7 Å². The Labute approximate surface area is 184 Å². The fourth-order valence-corrected chi connectivity index (χ4v) is 5.40. The first-order valence-corrected chi connectivity index (χ1v) is 11.9. The number of sulfonamides is 1. The molecule has 1 aliphatic rings. The van der Waals surface area contributed by atoms with Gasteiger partial charge in [-0.3, -0.25) is 4.72 Å². The van der Waals surface area contributed by atoms with Crippen LogP contribution in [0.2, 0.25) is 0 Å². The fourth-order valence-electron chi connectivity index (χ4n) is 3.34. The summed E-state index contributed by atoms with van der Waals surface area (Å²) < 4.78 is 28.3. The molecule has 2 N–H and O–H groups in total. The lowest BCUT2D eigenvalue weighted by Gasteiger charge is -2.17. The van der Waals surface area contributed by atoms with Gasteiger partial charge in [-0.25, -0.2) is 13.4 Å². The van der Waals surface area contributed by atoms with Crippen molar-refractivity contribution in [2.45, 2.75) is 24.7 Å². The van der Waals surface area contributed by atoms with Crippen LogP contribution in [0.5, 0.6) is 0 Å². The Bertz CT molecular complexity index is 1150. The van der Waals surface area contributed by atoms with E-state index in [1.54, 1.807) is 48.5 Å². The highest BCUT2D eigenvalue weighted by Gasteiger charge is 2.17. The van der Waals surface area contributed by atoms with Crippen molar-refractivity contribution in [1.29, 1.82) is 0 Å². The van der Waals surface area contributed by atoms with Crippen LogP contribution in [0.1, 0.15) is 18.5 Å². The van der Waals surface area contributed by atoms with E-state index in [1.165, 1.54) is 12.8 Å². The van der Waals surface area contributed by atoms with Gasteiger partial charge in [0.25, 0.3) is 10.0 Å². The summed E-state index contributed by atoms with van der Waals surface area (Å²) in [5, 5.41) is 3.21. The average molecular weight is 488 g/mol. The Hall–Kier alpha value is -2.65. The van der Waals surface area contributed by atoms with E-state index >= 15 is 0 Å². The summed E-state index contributed by atoms with van der Waals surface area (Å²) in [6, 6.07) is 15.7. The Morgan fingerprint density at radius 2 is 1.63 bits per heavy atom. The molecule has 0 spiro atoms. The Kier molecular flexibility index (Phi) is 5.92. The molecule has 2 heterocycles. The second kappa shape index (κ2) is 8.61. The van der Waals surface area contributed by atoms with Crippen molar-refractivity contribution in [1.82, 2.24) is 9.97 Å². The van der Waals surface area contributed by atoms with E-state index in [1.807, 2.05) is 13.0 Å². The van der Waals surface area contributed by atoms with Crippen LogP contribution in [0.15, 0.2) is 64.0 Å². The maximum Gasteiger partial charge on any atom is 0.263 e. The lowest BCUT2D eigenvalue weighted by molar-refractivity contribution is 0.601. The maximum absolute atomic E-state index is 12.6. The van der Waals surface area contributed by atoms with Gasteiger partial charge in [0.05, 0.1) is 0 Å². The zero-order valence-corrected chi connectivity index (χ0v) is 18.9. The van der Waals surface area contributed by atoms with Gasteiger partial charge >= 0.3 is 0 Å². The molecule has 1 fully saturated rings. The molecule has 4 rings (SSSR count). The van der Waals surface area contributed by atoms with Gasteiger partial charge in [0, 0.05) is 40.7 Å². The first-order chi connectivity index (χ1) is 14.4. The lowest BCUT2D eigenvalue weighted by Crippen LogP contribution is -2.19. The van der Waals surface area contributed by atoms with Crippen LogP contribution in [-0.4, -0.2) is 31.5 Å². The average Bonchev–Trinajstić information content (AvgIpc) is 3.24. The minimum Gasteiger partial charge on any atom is -0.356 e. The molecule has 9 heteroatoms. The standard InChI is InChI=1S/C21H22BrN5O2S/c1-15-14-20(27-12-4-5-13-27)25-21(23-15)24-16-8-10-17(11-9-16)26-30(28,29)19-7-3-2-6-18(19)22/h2-3,6-11,14,26H,4-5,12-13H2,1H3,(H,23,24,25). The Morgan fingerprint density at radius 3 is 2.33 bits per heavy atom. The predicted molar refractivity (Wildman–Crippen MR) is 123 cm³/mol. The monoisotopic (exact) mass is 487 g/mol. The first-order valence-electron chi connectivity index (χ1n) is 9.66. The minimum absolute atomic E-state index is 0.190. The number of benzene rings is 2. The van der Waals surface area contributed by atoms with E-state index in [0.717, 1.165) is 30.3 Å². The lowest BCUT2D eigenvalue weighted by atomic mass is 10.3. The van der Waals surface area contributed by atoms with Gasteiger partial charge < -0.3 is 10.2 Å². The number of aryl methyl sites for hydroxylation is 1. The van der Waals surface area contributed by atoms with Gasteiger partial charge in [-0.1, -0.05) is 12.1 Å². The molecule has 0 radical (unpaired) electrons. The van der Waals surface area contributed by atoms with Gasteiger partial charge in [0.15, 0.2) is 0 Å². The van der Waals surface area contributed by atoms with E-state index in [0.29, 0.717) is 16.1 Å². The number of nitrogens with one attached hydrogen (secondary N) is 2. The van der Waals surface area contributed by atoms with Crippen molar-refractivity contribution >= 4 is 49.1 Å². The van der Waals surface area contributed by atoms with Crippen LogP contribution in [0.3, 0.4) is 0 Å². The smallest absolute Gasteiger partial charge is 0.263 e. The molecule has 1 aliphatic heterocycles. The molecule has 3 aromatic rings. The summed E-state index contributed by atoms with van der Waals surface area (Å²) in [5.74, 6) is 1.46. The number of anilines is 4. The molecule has 7 nitrogen and oxygen atoms in total. The van der Waals surface area contributed by atoms with E-state index in [2.05, 4.69) is 40.8 Å². The van der Waals surface area contributed by atoms with Gasteiger partial charge in [-0.2, -0.15) is 4.98 Å². The predicted octanol–water partition coefficient (Wildman–Crippen LogP) is 4.69. The van der Waals surface area contributed by atoms with E-state index < -0.39 is 10.0 Å². The van der Waals surface area contributed by atoms with Crippen molar-refractivity contribution in [2.24, 2.45) is 0 Å². The molecule has 0 atom stereocenters. The number of aromatic nitrogens is 2. The number of rotatable bonds is 6. The maximum atomic E-state index is 12.6. The molecule has 156 valence electrons. The summed E-state index contributed by atoms with van der Waals surface area (Å²) in [5.41, 5.74) is 2.14. The molecule has 0 aliphatic carbocycles. The second-order valence-corrected chi connectivity index (χ2v) is 9.63. The summed E-state index contributed by atoms with van der Waals surface area (Å²) in [7, 11) is -3.68. The number of halogens is 1. The summed E-state index contributed by atoms with van der Waals surface area (Å²) >= 11 is 3.28. The Morgan fingerprint density at radius 1 is 0.967 bits per heavy atom. The molecule has 2 aromatic carbocycles. The highest BCUT2D eigenvalue weighted by atomic mass is 79.9. The Balaban J connectivity index is 1.48. The van der Waals surface area contributed by atoms with Crippen molar-refractivity contribution < 1.29 is 8.42 Å². The molecule has 0 amide bonds. The van der Waals surface area contributed by atoms with Crippen LogP contribution >= 0.6 is 15.9 Å². The van der Waals surface area contributed by atoms with Gasteiger partial charge in [0.2, 0.25) is 5.95 Å². The molecule has 0 bridgehead atoms. The van der Waals surface area contributed by atoms with Crippen molar-refractivity contribution in [2.75, 3.05) is 28.0 Å². The summed E-state index contributed by atoms with van der Waals surface area (Å²) in [6.45, 7) is 3.98. The highest BCUT2D eigenvalue weighted by Crippen LogP contribution is 2.25. The molecule has 0 saturated carbocycles. The van der Waals surface area contributed by atoms with Crippen LogP contribution in [-0.2, 0) is 10.0 Å². The summed E-state index contributed by atoms with van der Waals surface area (Å²) in [6.07, 6.45) is 2.37. The highest BCUT2D eigenvalue weighted by molar-refractivity contribution is 9.10. The molecule has 30 heavy (non-hydrogen) atoms. The minimum atomic E-state index is -3.68. The molecule has 0 unspecified atom stereocenters. The number of nitrogens with zero attached hydrogens (tertiary/aromatic N) is 3. The van der Waals surface area contributed by atoms with E-state index in [4.69, 9.17) is 0 Å². The normalized spacial score (nSPS) is 14.0. The largest absolute Gasteiger partial charge is 0.356 e. The van der Waals surface area contributed by atoms with Crippen LogP contribution in [0.25, 0.3) is 0 Å². The second-order valence-electron chi connectivity index (χ2n) is 7.12. The molecule has 1 aromatic heterocycles. The number of hydrogen-bond donors (Lipinski definition) is 2. The van der Waals surface area contributed by atoms with Crippen LogP contribution < -0.4 is 14.9 Å². The zero-order valence-electron chi connectivity index (χ0n) is 16.5. The zero-order chi connectivity index (χ0) is 21.1. The molecule has 1 saturated heterocycles. The van der Waals surface area contributed by atoms with E-state index in [9.17, 15) is 8.42 Å². The third-order valence-corrected chi connectivity index (χ3v) is 7.18. The SMILES string of the molecule is Cc1cc(N2CCCC2)nc(Nc2ccc(NS(=O)(=O)c3ccccc3Br)cc2)n1. The van der Waals surface area contributed by atoms with Gasteiger partial charge in [-0.15, -0.1) is 0 Å². The van der Waals surface area contributed by atoms with Gasteiger partial charge in [-0.05, 0) is 72.1 Å². The fraction of sp³-hybridized carbons (Fsp3) is 0.238. The van der Waals surface area contributed by atoms with Crippen molar-refractivity contribution in [3.8, 4) is 0 Å². The van der Waals surface area contributed by atoms with E-state index in [-0.39, 0.29) is 4.90 Å². The summed E-state index contributed by atoms with van der Waals surface area (Å²) in [4.78, 5) is 11.5. The van der Waals surface area contributed by atoms with Crippen molar-refractivity contribution in [3.63, 3.8) is 0 Å². The van der Waals surface area contributed by atoms with Crippen molar-refractivity contribution in [3.05, 3.63) is 64.8 Å². The number of hydrogen-bond acceptors (Lipinski definition) is 6. The molecular weight excluding hydrogens is 466 g/mol. The van der Waals surface area contributed by atoms with Crippen LogP contribution in [0, 0.1) is 6.92 Å². The third kappa shape index (κ3) is 4.73. The molecular formula is C21H22BrN5O2S. The quantitative estimate of drug-likeness (QED) is 0.524. The third-order valence-electron chi connectivity index (χ3n) is 4.79. The topological polar surface area (TPSA) is 87.2 Å². The van der Waals surface area contributed by atoms with Crippen LogP contribution in [0.4, 0.5) is 23.1 Å².